The van der Waals surface area contributed by atoms with Crippen LogP contribution < -0.4 is 5.32 Å². The highest BCUT2D eigenvalue weighted by molar-refractivity contribution is 14.0. The molecule has 0 saturated carbocycles. The lowest BCUT2D eigenvalue weighted by Gasteiger charge is -2.32. The maximum Gasteiger partial charge on any atom is 0.244 e. The molecule has 0 radical (unpaired) electrons. The molecule has 2 fully saturated rings. The van der Waals surface area contributed by atoms with Crippen LogP contribution in [0.4, 0.5) is 0 Å². The van der Waals surface area contributed by atoms with Gasteiger partial charge in [-0.25, -0.2) is 4.99 Å². The second-order valence-electron chi connectivity index (χ2n) is 7.60. The lowest BCUT2D eigenvalue weighted by molar-refractivity contribution is -0.130. The Hall–Kier alpha value is -1.39. The van der Waals surface area contributed by atoms with E-state index in [0.29, 0.717) is 19.1 Å². The Morgan fingerprint density at radius 1 is 1.20 bits per heavy atom. The fourth-order valence-corrected chi connectivity index (χ4v) is 4.02. The quantitative estimate of drug-likeness (QED) is 0.333. The Morgan fingerprint density at radius 3 is 2.60 bits per heavy atom. The number of aliphatic imine (C=N–C) groups is 1. The van der Waals surface area contributed by atoms with Crippen molar-refractivity contribution < 1.29 is 9.53 Å². The highest BCUT2D eigenvalue weighted by Gasteiger charge is 2.30. The summed E-state index contributed by atoms with van der Waals surface area (Å²) < 4.78 is 5.48. The van der Waals surface area contributed by atoms with E-state index in [-0.39, 0.29) is 36.4 Å². The third kappa shape index (κ3) is 7.09. The van der Waals surface area contributed by atoms with Crippen LogP contribution >= 0.6 is 24.0 Å². The molecule has 2 saturated heterocycles. The molecule has 1 aromatic carbocycles. The summed E-state index contributed by atoms with van der Waals surface area (Å²) >= 11 is 0. The number of nitrogens with zero attached hydrogens (tertiary/aromatic N) is 4. The maximum atomic E-state index is 12.8. The first-order valence-electron chi connectivity index (χ1n) is 10.9. The number of guanidine groups is 1. The number of hydrogen-bond acceptors (Lipinski definition) is 4. The average Bonchev–Trinajstić information content (AvgIpc) is 3.26. The fraction of sp³-hybridized carbons (Fsp3) is 0.636. The van der Waals surface area contributed by atoms with Gasteiger partial charge in [-0.05, 0) is 25.8 Å². The summed E-state index contributed by atoms with van der Waals surface area (Å²) in [5.74, 6) is 0.919. The summed E-state index contributed by atoms with van der Waals surface area (Å²) in [6.07, 6.45) is 1.13. The molecule has 2 aliphatic rings. The van der Waals surface area contributed by atoms with Crippen molar-refractivity contribution in [2.75, 3.05) is 59.0 Å². The molecule has 1 aromatic rings. The lowest BCUT2D eigenvalue weighted by Crippen LogP contribution is -2.47. The largest absolute Gasteiger partial charge is 0.379 e. The van der Waals surface area contributed by atoms with E-state index in [9.17, 15) is 4.79 Å². The molecule has 1 atom stereocenters. The molecule has 7 nitrogen and oxygen atoms in total. The van der Waals surface area contributed by atoms with Crippen molar-refractivity contribution in [2.45, 2.75) is 32.9 Å². The number of carbonyl (C=O) groups is 1. The molecular formula is C22H36IN5O2. The van der Waals surface area contributed by atoms with E-state index < -0.39 is 0 Å². The zero-order chi connectivity index (χ0) is 20.5. The molecule has 3 rings (SSSR count). The van der Waals surface area contributed by atoms with E-state index in [4.69, 9.17) is 4.74 Å². The molecule has 8 heteroatoms. The predicted octanol–water partition coefficient (Wildman–Crippen LogP) is 2.03. The van der Waals surface area contributed by atoms with Crippen LogP contribution in [-0.4, -0.2) is 91.6 Å². The molecule has 168 valence electrons. The Morgan fingerprint density at radius 2 is 1.93 bits per heavy atom. The van der Waals surface area contributed by atoms with Crippen molar-refractivity contribution in [1.82, 2.24) is 20.0 Å². The molecular weight excluding hydrogens is 493 g/mol. The predicted molar refractivity (Wildman–Crippen MR) is 131 cm³/mol. The number of ether oxygens (including phenoxy) is 1. The van der Waals surface area contributed by atoms with Gasteiger partial charge in [-0.1, -0.05) is 30.3 Å². The van der Waals surface area contributed by atoms with Gasteiger partial charge in [0.1, 0.15) is 6.54 Å². The van der Waals surface area contributed by atoms with E-state index in [1.807, 2.05) is 30.0 Å². The third-order valence-electron chi connectivity index (χ3n) is 5.67. The first kappa shape index (κ1) is 24.9. The second-order valence-corrected chi connectivity index (χ2v) is 7.60. The number of amides is 1. The summed E-state index contributed by atoms with van der Waals surface area (Å²) in [7, 11) is 0. The summed E-state index contributed by atoms with van der Waals surface area (Å²) in [5, 5.41) is 3.37. The SMILES string of the molecule is CCNC(=NCC(=O)N(CC)Cc1ccccc1)N1CCC(N2CCOCC2)C1.I. The molecule has 1 amide bonds. The molecule has 0 aromatic heterocycles. The van der Waals surface area contributed by atoms with Crippen LogP contribution in [0.3, 0.4) is 0 Å². The van der Waals surface area contributed by atoms with Gasteiger partial charge in [0, 0.05) is 51.9 Å². The van der Waals surface area contributed by atoms with E-state index in [1.165, 1.54) is 0 Å². The van der Waals surface area contributed by atoms with Crippen molar-refractivity contribution >= 4 is 35.8 Å². The van der Waals surface area contributed by atoms with Crippen molar-refractivity contribution in [3.8, 4) is 0 Å². The first-order chi connectivity index (χ1) is 14.2. The number of rotatable bonds is 7. The van der Waals surface area contributed by atoms with Crippen molar-refractivity contribution in [1.29, 1.82) is 0 Å². The number of morpholine rings is 1. The van der Waals surface area contributed by atoms with Crippen LogP contribution in [0.15, 0.2) is 35.3 Å². The zero-order valence-electron chi connectivity index (χ0n) is 18.3. The fourth-order valence-electron chi connectivity index (χ4n) is 4.02. The number of likely N-dealkylation sites (tertiary alicyclic amines) is 1. The minimum Gasteiger partial charge on any atom is -0.379 e. The van der Waals surface area contributed by atoms with Gasteiger partial charge in [0.2, 0.25) is 5.91 Å². The van der Waals surface area contributed by atoms with Gasteiger partial charge in [0.15, 0.2) is 5.96 Å². The van der Waals surface area contributed by atoms with Crippen LogP contribution in [0.5, 0.6) is 0 Å². The smallest absolute Gasteiger partial charge is 0.244 e. The van der Waals surface area contributed by atoms with Crippen molar-refractivity contribution in [3.05, 3.63) is 35.9 Å². The molecule has 0 spiro atoms. The number of hydrogen-bond donors (Lipinski definition) is 1. The highest BCUT2D eigenvalue weighted by Crippen LogP contribution is 2.17. The summed E-state index contributed by atoms with van der Waals surface area (Å²) in [6, 6.07) is 10.7. The van der Waals surface area contributed by atoms with Gasteiger partial charge >= 0.3 is 0 Å². The molecule has 0 aliphatic carbocycles. The Bertz CT molecular complexity index is 667. The van der Waals surface area contributed by atoms with Gasteiger partial charge in [-0.2, -0.15) is 0 Å². The third-order valence-corrected chi connectivity index (χ3v) is 5.67. The Balaban J connectivity index is 0.00000320. The van der Waals surface area contributed by atoms with E-state index >= 15 is 0 Å². The van der Waals surface area contributed by atoms with Gasteiger partial charge in [-0.3, -0.25) is 9.69 Å². The molecule has 2 aliphatic heterocycles. The summed E-state index contributed by atoms with van der Waals surface area (Å²) in [4.78, 5) is 24.1. The monoisotopic (exact) mass is 529 g/mol. The summed E-state index contributed by atoms with van der Waals surface area (Å²) in [5.41, 5.74) is 1.14. The number of benzene rings is 1. The maximum absolute atomic E-state index is 12.8. The van der Waals surface area contributed by atoms with Crippen LogP contribution in [0.25, 0.3) is 0 Å². The van der Waals surface area contributed by atoms with Crippen LogP contribution in [0.1, 0.15) is 25.8 Å². The minimum absolute atomic E-state index is 0. The number of carbonyl (C=O) groups excluding carboxylic acids is 1. The van der Waals surface area contributed by atoms with Crippen molar-refractivity contribution in [2.24, 2.45) is 4.99 Å². The minimum atomic E-state index is 0. The number of likely N-dealkylation sites (N-methyl/N-ethyl adjacent to an activating group) is 1. The van der Waals surface area contributed by atoms with E-state index in [1.54, 1.807) is 0 Å². The van der Waals surface area contributed by atoms with Gasteiger partial charge in [0.05, 0.1) is 13.2 Å². The molecule has 1 N–H and O–H groups in total. The van der Waals surface area contributed by atoms with Crippen LogP contribution in [0, 0.1) is 0 Å². The Labute approximate surface area is 197 Å². The van der Waals surface area contributed by atoms with Gasteiger partial charge in [-0.15, -0.1) is 24.0 Å². The first-order valence-corrected chi connectivity index (χ1v) is 10.9. The van der Waals surface area contributed by atoms with Crippen LogP contribution in [0.2, 0.25) is 0 Å². The topological polar surface area (TPSA) is 60.4 Å². The average molecular weight is 529 g/mol. The van der Waals surface area contributed by atoms with E-state index in [0.717, 1.165) is 63.9 Å². The highest BCUT2D eigenvalue weighted by atomic mass is 127. The van der Waals surface area contributed by atoms with Crippen molar-refractivity contribution in [3.63, 3.8) is 0 Å². The normalized spacial score (nSPS) is 20.0. The molecule has 1 unspecified atom stereocenters. The van der Waals surface area contributed by atoms with Gasteiger partial charge in [0.25, 0.3) is 0 Å². The second kappa shape index (κ2) is 13.1. The Kier molecular flexibility index (Phi) is 10.9. The standard InChI is InChI=1S/C22H35N5O2.HI/c1-3-23-22(27-11-10-20(18-27)26-12-14-29-15-13-26)24-16-21(28)25(4-2)17-19-8-6-5-7-9-19;/h5-9,20H,3-4,10-18H2,1-2H3,(H,23,24);1H. The molecule has 2 heterocycles. The molecule has 0 bridgehead atoms. The number of halogens is 1. The van der Waals surface area contributed by atoms with E-state index in [2.05, 4.69) is 39.2 Å². The molecule has 30 heavy (non-hydrogen) atoms. The zero-order valence-corrected chi connectivity index (χ0v) is 20.6. The lowest BCUT2D eigenvalue weighted by atomic mass is 10.2. The number of nitrogens with one attached hydrogen (secondary N) is 1. The summed E-state index contributed by atoms with van der Waals surface area (Å²) in [6.45, 7) is 12.0. The van der Waals surface area contributed by atoms with Gasteiger partial charge < -0.3 is 19.9 Å². The van der Waals surface area contributed by atoms with Crippen LogP contribution in [-0.2, 0) is 16.1 Å².